The van der Waals surface area contributed by atoms with Crippen LogP contribution in [-0.2, 0) is 0 Å². The zero-order chi connectivity index (χ0) is 23.3. The molecule has 0 unspecified atom stereocenters. The number of fused-ring (bicyclic) bond motifs is 1. The van der Waals surface area contributed by atoms with E-state index >= 15 is 0 Å². The Morgan fingerprint density at radius 2 is 1.32 bits per heavy atom. The van der Waals surface area contributed by atoms with E-state index < -0.39 is 0 Å². The highest BCUT2D eigenvalue weighted by molar-refractivity contribution is 5.88. The van der Waals surface area contributed by atoms with Gasteiger partial charge in [0.15, 0.2) is 0 Å². The summed E-state index contributed by atoms with van der Waals surface area (Å²) in [5.41, 5.74) is 2.18. The smallest absolute Gasteiger partial charge is 0.127 e. The Morgan fingerprint density at radius 1 is 0.735 bits per heavy atom. The summed E-state index contributed by atoms with van der Waals surface area (Å²) < 4.78 is 33.3. The van der Waals surface area contributed by atoms with Gasteiger partial charge in [-0.15, -0.1) is 0 Å². The molecular formula is C30H29F2NO. The average Bonchev–Trinajstić information content (AvgIpc) is 2.87. The minimum absolute atomic E-state index is 0.135. The van der Waals surface area contributed by atoms with Crippen LogP contribution in [0.15, 0.2) is 91.0 Å². The minimum atomic E-state index is -0.234. The predicted octanol–water partition coefficient (Wildman–Crippen LogP) is 7.04. The topological polar surface area (TPSA) is 12.5 Å². The summed E-state index contributed by atoms with van der Waals surface area (Å²) in [6.07, 6.45) is 2.07. The van der Waals surface area contributed by atoms with Gasteiger partial charge in [0, 0.05) is 17.8 Å². The number of benzene rings is 4. The molecule has 4 heteroatoms. The van der Waals surface area contributed by atoms with Gasteiger partial charge in [0.2, 0.25) is 0 Å². The quantitative estimate of drug-likeness (QED) is 0.295. The Morgan fingerprint density at radius 3 is 1.97 bits per heavy atom. The molecule has 0 bridgehead atoms. The van der Waals surface area contributed by atoms with Gasteiger partial charge < -0.3 is 4.74 Å². The van der Waals surface area contributed by atoms with Crippen molar-refractivity contribution >= 4 is 10.8 Å². The van der Waals surface area contributed by atoms with Crippen LogP contribution in [0.5, 0.6) is 5.75 Å². The largest absolute Gasteiger partial charge is 0.492 e. The maximum Gasteiger partial charge on any atom is 0.127 e. The van der Waals surface area contributed by atoms with Crippen LogP contribution in [0.1, 0.15) is 29.9 Å². The fourth-order valence-electron chi connectivity index (χ4n) is 5.19. The van der Waals surface area contributed by atoms with Gasteiger partial charge >= 0.3 is 0 Å². The van der Waals surface area contributed by atoms with E-state index in [0.717, 1.165) is 54.7 Å². The molecule has 0 amide bonds. The molecule has 0 radical (unpaired) electrons. The van der Waals surface area contributed by atoms with E-state index in [1.54, 1.807) is 0 Å². The van der Waals surface area contributed by atoms with Crippen molar-refractivity contribution in [3.8, 4) is 5.75 Å². The van der Waals surface area contributed by atoms with Crippen molar-refractivity contribution in [2.45, 2.75) is 18.8 Å². The summed E-state index contributed by atoms with van der Waals surface area (Å²) in [4.78, 5) is 2.45. The van der Waals surface area contributed by atoms with Gasteiger partial charge in [0.25, 0.3) is 0 Å². The molecule has 0 atom stereocenters. The van der Waals surface area contributed by atoms with Crippen molar-refractivity contribution < 1.29 is 13.5 Å². The van der Waals surface area contributed by atoms with Crippen LogP contribution in [-0.4, -0.2) is 31.1 Å². The highest BCUT2D eigenvalue weighted by atomic mass is 19.1. The Balaban J connectivity index is 1.22. The first-order chi connectivity index (χ1) is 16.7. The molecular weight excluding hydrogens is 428 g/mol. The Kier molecular flexibility index (Phi) is 6.87. The van der Waals surface area contributed by atoms with Crippen molar-refractivity contribution in [1.82, 2.24) is 4.90 Å². The third kappa shape index (κ3) is 5.13. The molecule has 1 aliphatic heterocycles. The molecule has 174 valence electrons. The summed E-state index contributed by atoms with van der Waals surface area (Å²) in [5, 5.41) is 2.33. The van der Waals surface area contributed by atoms with Gasteiger partial charge in [-0.25, -0.2) is 8.78 Å². The van der Waals surface area contributed by atoms with E-state index in [1.165, 1.54) is 29.7 Å². The standard InChI is InChI=1S/C30H29F2NO/c31-26-12-8-23(9-13-26)30(24-10-14-27(32)15-11-24)25-16-18-33(19-17-25)20-21-34-29-7-3-5-22-4-1-2-6-28(22)29/h1-15,25,30H,16-21H2. The van der Waals surface area contributed by atoms with E-state index in [2.05, 4.69) is 23.1 Å². The summed E-state index contributed by atoms with van der Waals surface area (Å²) in [5.74, 6) is 1.02. The number of hydrogen-bond donors (Lipinski definition) is 0. The second-order valence-corrected chi connectivity index (χ2v) is 9.09. The molecule has 0 aliphatic carbocycles. The molecule has 1 heterocycles. The summed E-state index contributed by atoms with van der Waals surface area (Å²) in [7, 11) is 0. The maximum atomic E-state index is 13.6. The zero-order valence-electron chi connectivity index (χ0n) is 19.2. The van der Waals surface area contributed by atoms with Crippen molar-refractivity contribution in [3.63, 3.8) is 0 Å². The van der Waals surface area contributed by atoms with Crippen LogP contribution >= 0.6 is 0 Å². The normalized spacial score (nSPS) is 15.1. The number of ether oxygens (including phenoxy) is 1. The minimum Gasteiger partial charge on any atom is -0.492 e. The van der Waals surface area contributed by atoms with Gasteiger partial charge in [-0.05, 0) is 78.7 Å². The Labute approximate surface area is 199 Å². The van der Waals surface area contributed by atoms with Gasteiger partial charge in [-0.3, -0.25) is 4.90 Å². The highest BCUT2D eigenvalue weighted by Gasteiger charge is 2.29. The molecule has 0 saturated carbocycles. The molecule has 1 fully saturated rings. The third-order valence-corrected chi connectivity index (χ3v) is 6.98. The lowest BCUT2D eigenvalue weighted by molar-refractivity contribution is 0.149. The monoisotopic (exact) mass is 457 g/mol. The molecule has 0 aromatic heterocycles. The van der Waals surface area contributed by atoms with Crippen molar-refractivity contribution in [3.05, 3.63) is 114 Å². The number of halogens is 2. The lowest BCUT2D eigenvalue weighted by Gasteiger charge is -2.36. The Bertz CT molecular complexity index is 1160. The first-order valence-electron chi connectivity index (χ1n) is 12.0. The van der Waals surface area contributed by atoms with Crippen LogP contribution in [0.25, 0.3) is 10.8 Å². The van der Waals surface area contributed by atoms with E-state index in [0.29, 0.717) is 12.5 Å². The molecule has 0 N–H and O–H groups in total. The van der Waals surface area contributed by atoms with E-state index in [1.807, 2.05) is 48.5 Å². The summed E-state index contributed by atoms with van der Waals surface area (Å²) >= 11 is 0. The molecule has 1 saturated heterocycles. The number of piperidine rings is 1. The lowest BCUT2D eigenvalue weighted by atomic mass is 9.76. The van der Waals surface area contributed by atoms with Gasteiger partial charge in [-0.2, -0.15) is 0 Å². The molecule has 2 nitrogen and oxygen atoms in total. The second-order valence-electron chi connectivity index (χ2n) is 9.09. The van der Waals surface area contributed by atoms with E-state index in [-0.39, 0.29) is 17.6 Å². The fourth-order valence-corrected chi connectivity index (χ4v) is 5.19. The van der Waals surface area contributed by atoms with Crippen molar-refractivity contribution in [1.29, 1.82) is 0 Å². The molecule has 0 spiro atoms. The van der Waals surface area contributed by atoms with Crippen LogP contribution in [0.2, 0.25) is 0 Å². The second kappa shape index (κ2) is 10.4. The summed E-state index contributed by atoms with van der Waals surface area (Å²) in [6.45, 7) is 3.51. The van der Waals surface area contributed by atoms with Crippen molar-refractivity contribution in [2.75, 3.05) is 26.2 Å². The number of rotatable bonds is 7. The fraction of sp³-hybridized carbons (Fsp3) is 0.267. The summed E-state index contributed by atoms with van der Waals surface area (Å²) in [6, 6.07) is 28.0. The SMILES string of the molecule is Fc1ccc(C(c2ccc(F)cc2)C2CCN(CCOc3cccc4ccccc34)CC2)cc1. The first-order valence-corrected chi connectivity index (χ1v) is 12.0. The van der Waals surface area contributed by atoms with Gasteiger partial charge in [0.1, 0.15) is 24.0 Å². The molecule has 4 aromatic rings. The van der Waals surface area contributed by atoms with Crippen LogP contribution in [0.3, 0.4) is 0 Å². The third-order valence-electron chi connectivity index (χ3n) is 6.98. The van der Waals surface area contributed by atoms with Crippen LogP contribution < -0.4 is 4.74 Å². The van der Waals surface area contributed by atoms with Crippen LogP contribution in [0, 0.1) is 17.6 Å². The van der Waals surface area contributed by atoms with Gasteiger partial charge in [-0.1, -0.05) is 60.7 Å². The average molecular weight is 458 g/mol. The Hall–Kier alpha value is -3.24. The molecule has 34 heavy (non-hydrogen) atoms. The molecule has 1 aliphatic rings. The van der Waals surface area contributed by atoms with Gasteiger partial charge in [0.05, 0.1) is 0 Å². The van der Waals surface area contributed by atoms with E-state index in [9.17, 15) is 8.78 Å². The van der Waals surface area contributed by atoms with Crippen molar-refractivity contribution in [2.24, 2.45) is 5.92 Å². The first kappa shape index (κ1) is 22.5. The maximum absolute atomic E-state index is 13.6. The van der Waals surface area contributed by atoms with E-state index in [4.69, 9.17) is 4.74 Å². The number of likely N-dealkylation sites (tertiary alicyclic amines) is 1. The predicted molar refractivity (Wildman–Crippen MR) is 133 cm³/mol. The highest BCUT2D eigenvalue weighted by Crippen LogP contribution is 2.38. The molecule has 5 rings (SSSR count). The number of nitrogens with zero attached hydrogens (tertiary/aromatic N) is 1. The van der Waals surface area contributed by atoms with Crippen LogP contribution in [0.4, 0.5) is 8.78 Å². The number of hydrogen-bond acceptors (Lipinski definition) is 2. The zero-order valence-corrected chi connectivity index (χ0v) is 19.2. The molecule has 4 aromatic carbocycles. The lowest BCUT2D eigenvalue weighted by Crippen LogP contribution is -2.38.